The van der Waals surface area contributed by atoms with Crippen LogP contribution >= 0.6 is 27.7 Å². The number of aryl methyl sites for hydroxylation is 1. The second-order valence-corrected chi connectivity index (χ2v) is 8.53. The molecule has 5 nitrogen and oxygen atoms in total. The van der Waals surface area contributed by atoms with Crippen molar-refractivity contribution in [2.45, 2.75) is 19.8 Å². The van der Waals surface area contributed by atoms with Crippen molar-refractivity contribution in [3.8, 4) is 23.8 Å². The van der Waals surface area contributed by atoms with Crippen molar-refractivity contribution in [2.24, 2.45) is 0 Å². The average molecular weight is 500 g/mol. The van der Waals surface area contributed by atoms with Crippen LogP contribution in [-0.4, -0.2) is 35.8 Å². The molecule has 2 aromatic rings. The van der Waals surface area contributed by atoms with Crippen LogP contribution in [0.5, 0.6) is 11.5 Å². The zero-order valence-corrected chi connectivity index (χ0v) is 19.5. The molecule has 0 aromatic heterocycles. The Morgan fingerprint density at radius 2 is 1.97 bits per heavy atom. The molecule has 7 heteroatoms. The fraction of sp³-hybridized carbons (Fsp3) is 0.250. The molecule has 1 aliphatic rings. The Morgan fingerprint density at radius 1 is 1.19 bits per heavy atom. The number of hydrogen-bond donors (Lipinski definition) is 0. The SMILES string of the molecule is C#CCOc1c(Br)cc(/C=C2/SC(=O)N(CCCc3ccccc3)C2=O)cc1OCC. The number of ether oxygens (including phenoxy) is 2. The van der Waals surface area contributed by atoms with Gasteiger partial charge in [-0.2, -0.15) is 0 Å². The van der Waals surface area contributed by atoms with E-state index in [2.05, 4.69) is 21.9 Å². The zero-order valence-electron chi connectivity index (χ0n) is 17.1. The fourth-order valence-corrected chi connectivity index (χ4v) is 4.56. The lowest BCUT2D eigenvalue weighted by atomic mass is 10.1. The summed E-state index contributed by atoms with van der Waals surface area (Å²) < 4.78 is 11.9. The highest BCUT2D eigenvalue weighted by atomic mass is 79.9. The van der Waals surface area contributed by atoms with Crippen LogP contribution in [0, 0.1) is 12.3 Å². The molecule has 3 rings (SSSR count). The van der Waals surface area contributed by atoms with Gasteiger partial charge in [-0.15, -0.1) is 6.42 Å². The first-order valence-electron chi connectivity index (χ1n) is 9.85. The summed E-state index contributed by atoms with van der Waals surface area (Å²) in [6.07, 6.45) is 8.51. The first-order valence-corrected chi connectivity index (χ1v) is 11.5. The molecule has 0 radical (unpaired) electrons. The van der Waals surface area contributed by atoms with E-state index >= 15 is 0 Å². The standard InChI is InChI=1S/C24H22BrNO4S/c1-3-13-30-22-19(25)14-18(15-20(22)29-4-2)16-21-23(27)26(24(28)31-21)12-8-11-17-9-6-5-7-10-17/h1,5-7,9-10,14-16H,4,8,11-13H2,2H3/b21-16+. The minimum atomic E-state index is -0.273. The Morgan fingerprint density at radius 3 is 2.68 bits per heavy atom. The molecule has 0 aliphatic carbocycles. The fourth-order valence-electron chi connectivity index (χ4n) is 3.12. The first kappa shape index (κ1) is 23.0. The van der Waals surface area contributed by atoms with Crippen LogP contribution in [0.15, 0.2) is 51.8 Å². The number of rotatable bonds is 9. The van der Waals surface area contributed by atoms with Crippen LogP contribution in [0.1, 0.15) is 24.5 Å². The lowest BCUT2D eigenvalue weighted by molar-refractivity contribution is -0.122. The lowest BCUT2D eigenvalue weighted by Crippen LogP contribution is -2.29. The highest BCUT2D eigenvalue weighted by molar-refractivity contribution is 9.10. The van der Waals surface area contributed by atoms with Crippen LogP contribution < -0.4 is 9.47 Å². The van der Waals surface area contributed by atoms with E-state index in [1.54, 1.807) is 18.2 Å². The summed E-state index contributed by atoms with van der Waals surface area (Å²) in [7, 11) is 0. The second-order valence-electron chi connectivity index (χ2n) is 6.68. The van der Waals surface area contributed by atoms with Gasteiger partial charge < -0.3 is 9.47 Å². The van der Waals surface area contributed by atoms with E-state index in [4.69, 9.17) is 15.9 Å². The van der Waals surface area contributed by atoms with E-state index in [1.165, 1.54) is 10.5 Å². The molecule has 0 unspecified atom stereocenters. The van der Waals surface area contributed by atoms with Gasteiger partial charge in [0.25, 0.3) is 11.1 Å². The molecule has 0 saturated carbocycles. The zero-order chi connectivity index (χ0) is 22.2. The molecule has 0 bridgehead atoms. The van der Waals surface area contributed by atoms with Gasteiger partial charge in [0.05, 0.1) is 16.0 Å². The van der Waals surface area contributed by atoms with Crippen LogP contribution in [0.25, 0.3) is 6.08 Å². The van der Waals surface area contributed by atoms with Crippen LogP contribution in [0.2, 0.25) is 0 Å². The van der Waals surface area contributed by atoms with Gasteiger partial charge in [0.1, 0.15) is 6.61 Å². The Hall–Kier alpha value is -2.69. The number of halogens is 1. The molecule has 1 aliphatic heterocycles. The van der Waals surface area contributed by atoms with Gasteiger partial charge in [0.2, 0.25) is 0 Å². The molecule has 1 saturated heterocycles. The molecular formula is C24H22BrNO4S. The number of terminal acetylenes is 1. The van der Waals surface area contributed by atoms with E-state index in [1.807, 2.05) is 37.3 Å². The summed E-state index contributed by atoms with van der Waals surface area (Å²) >= 11 is 4.42. The van der Waals surface area contributed by atoms with Crippen molar-refractivity contribution in [3.63, 3.8) is 0 Å². The van der Waals surface area contributed by atoms with Crippen molar-refractivity contribution in [1.82, 2.24) is 4.90 Å². The van der Waals surface area contributed by atoms with Crippen molar-refractivity contribution < 1.29 is 19.1 Å². The van der Waals surface area contributed by atoms with E-state index < -0.39 is 0 Å². The number of nitrogens with zero attached hydrogens (tertiary/aromatic N) is 1. The molecule has 31 heavy (non-hydrogen) atoms. The number of benzene rings is 2. The second kappa shape index (κ2) is 11.1. The molecule has 160 valence electrons. The molecule has 1 heterocycles. The topological polar surface area (TPSA) is 55.8 Å². The van der Waals surface area contributed by atoms with Gasteiger partial charge in [0, 0.05) is 6.54 Å². The largest absolute Gasteiger partial charge is 0.490 e. The smallest absolute Gasteiger partial charge is 0.293 e. The van der Waals surface area contributed by atoms with E-state index in [9.17, 15) is 9.59 Å². The molecule has 0 spiro atoms. The van der Waals surface area contributed by atoms with Crippen molar-refractivity contribution in [3.05, 3.63) is 63.0 Å². The third-order valence-corrected chi connectivity index (χ3v) is 5.99. The lowest BCUT2D eigenvalue weighted by Gasteiger charge is -2.13. The van der Waals surface area contributed by atoms with Gasteiger partial charge in [-0.25, -0.2) is 0 Å². The number of thioether (sulfide) groups is 1. The van der Waals surface area contributed by atoms with Crippen LogP contribution in [-0.2, 0) is 11.2 Å². The number of carbonyl (C=O) groups excluding carboxylic acids is 2. The van der Waals surface area contributed by atoms with Crippen LogP contribution in [0.4, 0.5) is 4.79 Å². The third kappa shape index (κ3) is 5.93. The summed E-state index contributed by atoms with van der Waals surface area (Å²) in [5.41, 5.74) is 1.91. The Kier molecular flexibility index (Phi) is 8.21. The maximum absolute atomic E-state index is 12.8. The number of amides is 2. The predicted molar refractivity (Wildman–Crippen MR) is 127 cm³/mol. The summed E-state index contributed by atoms with van der Waals surface area (Å²) in [5.74, 6) is 3.17. The van der Waals surface area contributed by atoms with Gasteiger partial charge in [-0.3, -0.25) is 14.5 Å². The van der Waals surface area contributed by atoms with Gasteiger partial charge in [0.15, 0.2) is 11.5 Å². The third-order valence-electron chi connectivity index (χ3n) is 4.49. The predicted octanol–water partition coefficient (Wildman–Crippen LogP) is 5.53. The summed E-state index contributed by atoms with van der Waals surface area (Å²) in [4.78, 5) is 26.9. The highest BCUT2D eigenvalue weighted by Gasteiger charge is 2.34. The van der Waals surface area contributed by atoms with E-state index in [0.29, 0.717) is 34.0 Å². The maximum atomic E-state index is 12.8. The number of carbonyl (C=O) groups is 2. The number of hydrogen-bond acceptors (Lipinski definition) is 5. The maximum Gasteiger partial charge on any atom is 0.293 e. The molecule has 1 fully saturated rings. The summed E-state index contributed by atoms with van der Waals surface area (Å²) in [5, 5.41) is -0.248. The Balaban J connectivity index is 1.73. The quantitative estimate of drug-likeness (QED) is 0.335. The Bertz CT molecular complexity index is 1030. The highest BCUT2D eigenvalue weighted by Crippen LogP contribution is 2.39. The normalized spacial score (nSPS) is 14.7. The van der Waals surface area contributed by atoms with Crippen molar-refractivity contribution in [2.75, 3.05) is 19.8 Å². The monoisotopic (exact) mass is 499 g/mol. The average Bonchev–Trinajstić information content (AvgIpc) is 3.01. The van der Waals surface area contributed by atoms with Gasteiger partial charge >= 0.3 is 0 Å². The molecule has 0 N–H and O–H groups in total. The van der Waals surface area contributed by atoms with E-state index in [0.717, 1.165) is 30.2 Å². The summed E-state index contributed by atoms with van der Waals surface area (Å²) in [6.45, 7) is 2.82. The summed E-state index contributed by atoms with van der Waals surface area (Å²) in [6, 6.07) is 13.6. The minimum absolute atomic E-state index is 0.111. The molecule has 2 aromatic carbocycles. The molecular weight excluding hydrogens is 478 g/mol. The van der Waals surface area contributed by atoms with Crippen molar-refractivity contribution >= 4 is 44.9 Å². The van der Waals surface area contributed by atoms with E-state index in [-0.39, 0.29) is 17.8 Å². The van der Waals surface area contributed by atoms with Gasteiger partial charge in [-0.05, 0) is 76.8 Å². The number of imide groups is 1. The molecule has 2 amide bonds. The van der Waals surface area contributed by atoms with Crippen LogP contribution in [0.3, 0.4) is 0 Å². The Labute approximate surface area is 194 Å². The van der Waals surface area contributed by atoms with Crippen molar-refractivity contribution in [1.29, 1.82) is 0 Å². The molecule has 0 atom stereocenters. The first-order chi connectivity index (χ1) is 15.0. The minimum Gasteiger partial charge on any atom is -0.490 e. The van der Waals surface area contributed by atoms with Gasteiger partial charge in [-0.1, -0.05) is 36.3 Å².